The van der Waals surface area contributed by atoms with Gasteiger partial charge < -0.3 is 14.7 Å². The fourth-order valence-electron chi connectivity index (χ4n) is 2.32. The number of nitrogens with zero attached hydrogens (tertiary/aromatic N) is 1. The predicted molar refractivity (Wildman–Crippen MR) is 87.8 cm³/mol. The number of hydrogen-bond donors (Lipinski definition) is 1. The molecule has 2 rings (SSSR count). The van der Waals surface area contributed by atoms with E-state index in [2.05, 4.69) is 24.0 Å². The summed E-state index contributed by atoms with van der Waals surface area (Å²) in [4.78, 5) is 13.4. The zero-order chi connectivity index (χ0) is 15.8. The van der Waals surface area contributed by atoms with Crippen LogP contribution in [0, 0.1) is 0 Å². The number of ether oxygens (including phenoxy) is 1. The molecule has 116 valence electrons. The summed E-state index contributed by atoms with van der Waals surface area (Å²) in [6.07, 6.45) is 0.830. The third kappa shape index (κ3) is 4.25. The number of anilines is 1. The molecule has 22 heavy (non-hydrogen) atoms. The molecule has 0 fully saturated rings. The summed E-state index contributed by atoms with van der Waals surface area (Å²) in [7, 11) is 0. The minimum atomic E-state index is -0.963. The molecule has 0 amide bonds. The van der Waals surface area contributed by atoms with Gasteiger partial charge in [-0.05, 0) is 37.6 Å². The van der Waals surface area contributed by atoms with Gasteiger partial charge in [0.05, 0.1) is 6.61 Å². The van der Waals surface area contributed by atoms with Crippen LogP contribution in [0.25, 0.3) is 0 Å². The van der Waals surface area contributed by atoms with Crippen LogP contribution in [0.15, 0.2) is 54.6 Å². The van der Waals surface area contributed by atoms with Crippen LogP contribution < -0.4 is 9.64 Å². The lowest BCUT2D eigenvalue weighted by molar-refractivity contribution is 0.0692. The molecule has 4 nitrogen and oxygen atoms in total. The topological polar surface area (TPSA) is 49.8 Å². The lowest BCUT2D eigenvalue weighted by atomic mass is 10.2. The van der Waals surface area contributed by atoms with Crippen molar-refractivity contribution in [3.05, 3.63) is 60.2 Å². The Morgan fingerprint density at radius 2 is 1.77 bits per heavy atom. The van der Waals surface area contributed by atoms with Gasteiger partial charge in [0, 0.05) is 18.8 Å². The minimum Gasteiger partial charge on any atom is -0.493 e. The van der Waals surface area contributed by atoms with Crippen molar-refractivity contribution in [2.24, 2.45) is 0 Å². The van der Waals surface area contributed by atoms with Gasteiger partial charge in [0.2, 0.25) is 0 Å². The van der Waals surface area contributed by atoms with Crippen LogP contribution in [0.5, 0.6) is 5.75 Å². The fourth-order valence-corrected chi connectivity index (χ4v) is 2.32. The Morgan fingerprint density at radius 3 is 2.45 bits per heavy atom. The van der Waals surface area contributed by atoms with Gasteiger partial charge in [0.15, 0.2) is 0 Å². The summed E-state index contributed by atoms with van der Waals surface area (Å²) in [5.74, 6) is -0.534. The Kier molecular flexibility index (Phi) is 5.83. The molecule has 0 bridgehead atoms. The van der Waals surface area contributed by atoms with Gasteiger partial charge in [-0.15, -0.1) is 0 Å². The lowest BCUT2D eigenvalue weighted by Gasteiger charge is -2.23. The van der Waals surface area contributed by atoms with Crippen molar-refractivity contribution in [3.63, 3.8) is 0 Å². The van der Waals surface area contributed by atoms with E-state index in [4.69, 9.17) is 9.84 Å². The van der Waals surface area contributed by atoms with E-state index >= 15 is 0 Å². The number of carboxylic acids is 1. The van der Waals surface area contributed by atoms with Crippen molar-refractivity contribution < 1.29 is 14.6 Å². The molecule has 0 unspecified atom stereocenters. The number of aromatic carboxylic acids is 1. The summed E-state index contributed by atoms with van der Waals surface area (Å²) < 4.78 is 5.62. The van der Waals surface area contributed by atoms with Crippen molar-refractivity contribution in [2.45, 2.75) is 13.3 Å². The maximum absolute atomic E-state index is 11.1. The molecule has 0 atom stereocenters. The van der Waals surface area contributed by atoms with Gasteiger partial charge in [-0.1, -0.05) is 30.3 Å². The smallest absolute Gasteiger partial charge is 0.339 e. The van der Waals surface area contributed by atoms with Gasteiger partial charge >= 0.3 is 5.97 Å². The average molecular weight is 299 g/mol. The molecule has 0 aliphatic rings. The Morgan fingerprint density at radius 1 is 1.09 bits per heavy atom. The first-order valence-corrected chi connectivity index (χ1v) is 7.47. The van der Waals surface area contributed by atoms with Gasteiger partial charge in [-0.2, -0.15) is 0 Å². The first-order chi connectivity index (χ1) is 10.7. The summed E-state index contributed by atoms with van der Waals surface area (Å²) in [6.45, 7) is 4.41. The molecule has 2 aromatic rings. The molecular weight excluding hydrogens is 278 g/mol. The molecule has 0 saturated carbocycles. The molecule has 0 aliphatic carbocycles. The van der Waals surface area contributed by atoms with Crippen LogP contribution in [-0.2, 0) is 0 Å². The molecule has 0 heterocycles. The quantitative estimate of drug-likeness (QED) is 0.755. The van der Waals surface area contributed by atoms with E-state index in [0.29, 0.717) is 12.4 Å². The minimum absolute atomic E-state index is 0.206. The van der Waals surface area contributed by atoms with E-state index in [-0.39, 0.29) is 5.56 Å². The van der Waals surface area contributed by atoms with E-state index in [9.17, 15) is 4.79 Å². The van der Waals surface area contributed by atoms with Crippen LogP contribution in [-0.4, -0.2) is 30.8 Å². The Balaban J connectivity index is 1.85. The van der Waals surface area contributed by atoms with Crippen LogP contribution in [0.4, 0.5) is 5.69 Å². The molecular formula is C18H21NO3. The van der Waals surface area contributed by atoms with Crippen molar-refractivity contribution in [3.8, 4) is 5.75 Å². The van der Waals surface area contributed by atoms with Gasteiger partial charge in [-0.3, -0.25) is 0 Å². The highest BCUT2D eigenvalue weighted by atomic mass is 16.5. The molecule has 0 aromatic heterocycles. The van der Waals surface area contributed by atoms with E-state index in [0.717, 1.165) is 19.5 Å². The van der Waals surface area contributed by atoms with Crippen LogP contribution in [0.3, 0.4) is 0 Å². The maximum atomic E-state index is 11.1. The first-order valence-electron chi connectivity index (χ1n) is 7.47. The molecule has 0 spiro atoms. The third-order valence-corrected chi connectivity index (χ3v) is 3.45. The van der Waals surface area contributed by atoms with Crippen LogP contribution >= 0.6 is 0 Å². The Labute approximate surface area is 131 Å². The molecule has 0 radical (unpaired) electrons. The largest absolute Gasteiger partial charge is 0.493 e. The molecule has 4 heteroatoms. The zero-order valence-corrected chi connectivity index (χ0v) is 12.7. The number of rotatable bonds is 8. The van der Waals surface area contributed by atoms with Crippen LogP contribution in [0.1, 0.15) is 23.7 Å². The third-order valence-electron chi connectivity index (χ3n) is 3.45. The maximum Gasteiger partial charge on any atom is 0.339 e. The molecule has 0 saturated heterocycles. The van der Waals surface area contributed by atoms with E-state index < -0.39 is 5.97 Å². The SMILES string of the molecule is CCN(CCCOc1ccccc1C(=O)O)c1ccccc1. The lowest BCUT2D eigenvalue weighted by Crippen LogP contribution is -2.25. The molecule has 2 aromatic carbocycles. The second-order valence-electron chi connectivity index (χ2n) is 4.92. The van der Waals surface area contributed by atoms with E-state index in [1.807, 2.05) is 18.2 Å². The van der Waals surface area contributed by atoms with Crippen LogP contribution in [0.2, 0.25) is 0 Å². The number of carboxylic acid groups (broad SMARTS) is 1. The van der Waals surface area contributed by atoms with E-state index in [1.165, 1.54) is 5.69 Å². The molecule has 1 N–H and O–H groups in total. The van der Waals surface area contributed by atoms with Gasteiger partial charge in [0.25, 0.3) is 0 Å². The monoisotopic (exact) mass is 299 g/mol. The number of carbonyl (C=O) groups is 1. The van der Waals surface area contributed by atoms with Gasteiger partial charge in [0.1, 0.15) is 11.3 Å². The van der Waals surface area contributed by atoms with E-state index in [1.54, 1.807) is 24.3 Å². The summed E-state index contributed by atoms with van der Waals surface area (Å²) >= 11 is 0. The first kappa shape index (κ1) is 15.9. The summed E-state index contributed by atoms with van der Waals surface area (Å²) in [5, 5.41) is 9.11. The Bertz CT molecular complexity index is 598. The average Bonchev–Trinajstić information content (AvgIpc) is 2.56. The van der Waals surface area contributed by atoms with Crippen molar-refractivity contribution in [1.29, 1.82) is 0 Å². The second-order valence-corrected chi connectivity index (χ2v) is 4.92. The zero-order valence-electron chi connectivity index (χ0n) is 12.7. The Hall–Kier alpha value is -2.49. The summed E-state index contributed by atoms with van der Waals surface area (Å²) in [5.41, 5.74) is 1.40. The standard InChI is InChI=1S/C18H21NO3/c1-2-19(15-9-4-3-5-10-15)13-8-14-22-17-12-7-6-11-16(17)18(20)21/h3-7,9-12H,2,8,13-14H2,1H3,(H,20,21). The molecule has 0 aliphatic heterocycles. The highest BCUT2D eigenvalue weighted by Gasteiger charge is 2.10. The number of benzene rings is 2. The number of para-hydroxylation sites is 2. The van der Waals surface area contributed by atoms with Crippen molar-refractivity contribution >= 4 is 11.7 Å². The van der Waals surface area contributed by atoms with Crippen molar-refractivity contribution in [2.75, 3.05) is 24.6 Å². The normalized spacial score (nSPS) is 10.2. The highest BCUT2D eigenvalue weighted by Crippen LogP contribution is 2.18. The number of hydrogen-bond acceptors (Lipinski definition) is 3. The highest BCUT2D eigenvalue weighted by molar-refractivity contribution is 5.90. The van der Waals surface area contributed by atoms with Crippen molar-refractivity contribution in [1.82, 2.24) is 0 Å². The second kappa shape index (κ2) is 8.08. The predicted octanol–water partition coefficient (Wildman–Crippen LogP) is 3.68. The fraction of sp³-hybridized carbons (Fsp3) is 0.278. The van der Waals surface area contributed by atoms with Gasteiger partial charge in [-0.25, -0.2) is 4.79 Å². The summed E-state index contributed by atoms with van der Waals surface area (Å²) in [6, 6.07) is 17.0.